The van der Waals surface area contributed by atoms with Gasteiger partial charge in [-0.15, -0.1) is 11.3 Å². The van der Waals surface area contributed by atoms with Gasteiger partial charge in [-0.1, -0.05) is 6.07 Å². The van der Waals surface area contributed by atoms with Crippen LogP contribution in [-0.2, 0) is 0 Å². The number of benzene rings is 2. The maximum atomic E-state index is 12.5. The van der Waals surface area contributed by atoms with Crippen LogP contribution < -0.4 is 24.8 Å². The van der Waals surface area contributed by atoms with E-state index in [9.17, 15) is 4.79 Å². The number of carbonyl (C=O) groups is 1. The van der Waals surface area contributed by atoms with Crippen LogP contribution in [0.1, 0.15) is 16.1 Å². The second kappa shape index (κ2) is 7.16. The van der Waals surface area contributed by atoms with E-state index < -0.39 is 0 Å². The fourth-order valence-corrected chi connectivity index (χ4v) is 3.34. The molecule has 0 fully saturated rings. The maximum Gasteiger partial charge on any atom is 0.275 e. The smallest absolute Gasteiger partial charge is 0.275 e. The maximum absolute atomic E-state index is 12.5. The summed E-state index contributed by atoms with van der Waals surface area (Å²) in [7, 11) is 1.61. The number of aryl methyl sites for hydroxylation is 1. The first kappa shape index (κ1) is 17.2. The van der Waals surface area contributed by atoms with Gasteiger partial charge in [0.2, 0.25) is 6.79 Å². The molecule has 0 saturated carbocycles. The van der Waals surface area contributed by atoms with Crippen molar-refractivity contribution in [3.63, 3.8) is 0 Å². The zero-order chi connectivity index (χ0) is 18.8. The second-order valence-electron chi connectivity index (χ2n) is 5.89. The van der Waals surface area contributed by atoms with E-state index in [4.69, 9.17) is 14.2 Å². The standard InChI is InChI=1S/C19H17N3O4S/c1-11-3-5-15(24-2)13(7-11)21-19-22-14(9-27-19)18(23)20-12-4-6-16-17(8-12)26-10-25-16/h3-9H,10H2,1-2H3,(H,20,23)(H,21,22). The Bertz CT molecular complexity index is 1000. The molecule has 1 aliphatic rings. The zero-order valence-electron chi connectivity index (χ0n) is 14.7. The average Bonchev–Trinajstić information content (AvgIpc) is 3.31. The minimum atomic E-state index is -0.297. The predicted molar refractivity (Wildman–Crippen MR) is 104 cm³/mol. The lowest BCUT2D eigenvalue weighted by molar-refractivity contribution is 0.102. The van der Waals surface area contributed by atoms with Crippen molar-refractivity contribution in [3.05, 3.63) is 53.0 Å². The van der Waals surface area contributed by atoms with Crippen LogP contribution in [0.25, 0.3) is 0 Å². The first-order chi connectivity index (χ1) is 13.1. The number of carbonyl (C=O) groups excluding carboxylic acids is 1. The van der Waals surface area contributed by atoms with E-state index in [2.05, 4.69) is 15.6 Å². The molecule has 2 heterocycles. The fourth-order valence-electron chi connectivity index (χ4n) is 2.64. The van der Waals surface area contributed by atoms with Gasteiger partial charge in [0.1, 0.15) is 11.4 Å². The Labute approximate surface area is 159 Å². The van der Waals surface area contributed by atoms with Gasteiger partial charge in [-0.05, 0) is 36.8 Å². The van der Waals surface area contributed by atoms with Gasteiger partial charge in [0.05, 0.1) is 12.8 Å². The minimum absolute atomic E-state index is 0.191. The van der Waals surface area contributed by atoms with Crippen LogP contribution in [0.5, 0.6) is 17.2 Å². The number of nitrogens with zero attached hydrogens (tertiary/aromatic N) is 1. The van der Waals surface area contributed by atoms with Crippen molar-refractivity contribution in [2.75, 3.05) is 24.5 Å². The van der Waals surface area contributed by atoms with E-state index in [-0.39, 0.29) is 12.7 Å². The van der Waals surface area contributed by atoms with E-state index in [1.54, 1.807) is 30.7 Å². The Morgan fingerprint density at radius 2 is 2.04 bits per heavy atom. The van der Waals surface area contributed by atoms with Crippen LogP contribution in [0.3, 0.4) is 0 Å². The van der Waals surface area contributed by atoms with Gasteiger partial charge in [-0.25, -0.2) is 4.98 Å². The summed E-state index contributed by atoms with van der Waals surface area (Å²) in [6.45, 7) is 2.19. The van der Waals surface area contributed by atoms with Crippen molar-refractivity contribution in [1.82, 2.24) is 4.98 Å². The highest BCUT2D eigenvalue weighted by atomic mass is 32.1. The predicted octanol–water partition coefficient (Wildman–Crippen LogP) is 4.18. The number of hydrogen-bond donors (Lipinski definition) is 2. The second-order valence-corrected chi connectivity index (χ2v) is 6.75. The summed E-state index contributed by atoms with van der Waals surface area (Å²) in [5.74, 6) is 1.69. The number of ether oxygens (including phenoxy) is 3. The summed E-state index contributed by atoms with van der Waals surface area (Å²) in [5.41, 5.74) is 2.84. The van der Waals surface area contributed by atoms with Gasteiger partial charge in [-0.2, -0.15) is 0 Å². The summed E-state index contributed by atoms with van der Waals surface area (Å²) in [5, 5.41) is 8.32. The molecular weight excluding hydrogens is 366 g/mol. The van der Waals surface area contributed by atoms with Crippen molar-refractivity contribution in [3.8, 4) is 17.2 Å². The third kappa shape index (κ3) is 3.65. The van der Waals surface area contributed by atoms with Gasteiger partial charge < -0.3 is 24.8 Å². The summed E-state index contributed by atoms with van der Waals surface area (Å²) >= 11 is 1.35. The van der Waals surface area contributed by atoms with Gasteiger partial charge in [-0.3, -0.25) is 4.79 Å². The molecule has 0 bridgehead atoms. The number of anilines is 3. The van der Waals surface area contributed by atoms with E-state index in [0.717, 1.165) is 11.3 Å². The van der Waals surface area contributed by atoms with E-state index in [1.807, 2.05) is 25.1 Å². The molecule has 1 aromatic heterocycles. The molecule has 27 heavy (non-hydrogen) atoms. The molecular formula is C19H17N3O4S. The van der Waals surface area contributed by atoms with Gasteiger partial charge in [0.25, 0.3) is 5.91 Å². The third-order valence-corrected chi connectivity index (χ3v) is 4.72. The molecule has 4 rings (SSSR count). The number of aromatic nitrogens is 1. The van der Waals surface area contributed by atoms with Crippen molar-refractivity contribution in [2.45, 2.75) is 6.92 Å². The van der Waals surface area contributed by atoms with Crippen LogP contribution in [0.2, 0.25) is 0 Å². The highest BCUT2D eigenvalue weighted by molar-refractivity contribution is 7.14. The monoisotopic (exact) mass is 383 g/mol. The number of hydrogen-bond acceptors (Lipinski definition) is 7. The summed E-state index contributed by atoms with van der Waals surface area (Å²) < 4.78 is 15.9. The highest BCUT2D eigenvalue weighted by Gasteiger charge is 2.16. The summed E-state index contributed by atoms with van der Waals surface area (Å²) in [4.78, 5) is 16.8. The minimum Gasteiger partial charge on any atom is -0.495 e. The van der Waals surface area contributed by atoms with Crippen LogP contribution in [0.4, 0.5) is 16.5 Å². The first-order valence-corrected chi connectivity index (χ1v) is 9.08. The third-order valence-electron chi connectivity index (χ3n) is 3.96. The van der Waals surface area contributed by atoms with Crippen LogP contribution in [0.15, 0.2) is 41.8 Å². The average molecular weight is 383 g/mol. The fraction of sp³-hybridized carbons (Fsp3) is 0.158. The molecule has 0 saturated heterocycles. The largest absolute Gasteiger partial charge is 0.495 e. The number of rotatable bonds is 5. The quantitative estimate of drug-likeness (QED) is 0.688. The van der Waals surface area contributed by atoms with Gasteiger partial charge in [0.15, 0.2) is 16.6 Å². The molecule has 138 valence electrons. The number of methoxy groups -OCH3 is 1. The molecule has 8 heteroatoms. The van der Waals surface area contributed by atoms with E-state index in [0.29, 0.717) is 33.8 Å². The number of thiazole rings is 1. The molecule has 0 unspecified atom stereocenters. The molecule has 0 radical (unpaired) electrons. The number of nitrogens with one attached hydrogen (secondary N) is 2. The summed E-state index contributed by atoms with van der Waals surface area (Å²) in [6.07, 6.45) is 0. The highest BCUT2D eigenvalue weighted by Crippen LogP contribution is 2.34. The molecule has 7 nitrogen and oxygen atoms in total. The van der Waals surface area contributed by atoms with Crippen molar-refractivity contribution in [1.29, 1.82) is 0 Å². The first-order valence-electron chi connectivity index (χ1n) is 8.20. The SMILES string of the molecule is COc1ccc(C)cc1Nc1nc(C(=O)Nc2ccc3c(c2)OCO3)cs1. The van der Waals surface area contributed by atoms with Crippen molar-refractivity contribution < 1.29 is 19.0 Å². The lowest BCUT2D eigenvalue weighted by atomic mass is 10.2. The number of amides is 1. The Hall–Kier alpha value is -3.26. The number of fused-ring (bicyclic) bond motifs is 1. The molecule has 2 N–H and O–H groups in total. The summed E-state index contributed by atoms with van der Waals surface area (Å²) in [6, 6.07) is 11.1. The van der Waals surface area contributed by atoms with Gasteiger partial charge in [0, 0.05) is 17.1 Å². The molecule has 1 aliphatic heterocycles. The van der Waals surface area contributed by atoms with E-state index >= 15 is 0 Å². The van der Waals surface area contributed by atoms with Crippen LogP contribution in [-0.4, -0.2) is 24.8 Å². The van der Waals surface area contributed by atoms with Crippen molar-refractivity contribution in [2.24, 2.45) is 0 Å². The Morgan fingerprint density at radius 3 is 2.89 bits per heavy atom. The van der Waals surface area contributed by atoms with Crippen LogP contribution in [0, 0.1) is 6.92 Å². The molecule has 0 aliphatic carbocycles. The van der Waals surface area contributed by atoms with Gasteiger partial charge >= 0.3 is 0 Å². The topological polar surface area (TPSA) is 81.7 Å². The Balaban J connectivity index is 1.47. The molecule has 0 atom stereocenters. The zero-order valence-corrected chi connectivity index (χ0v) is 15.6. The molecule has 2 aromatic carbocycles. The van der Waals surface area contributed by atoms with Crippen molar-refractivity contribution >= 4 is 33.8 Å². The normalized spacial score (nSPS) is 11.9. The lowest BCUT2D eigenvalue weighted by Crippen LogP contribution is -2.12. The molecule has 1 amide bonds. The van der Waals surface area contributed by atoms with Crippen LogP contribution >= 0.6 is 11.3 Å². The molecule has 3 aromatic rings. The Morgan fingerprint density at radius 1 is 1.19 bits per heavy atom. The molecule has 0 spiro atoms. The van der Waals surface area contributed by atoms with E-state index in [1.165, 1.54) is 11.3 Å². The Kier molecular flexibility index (Phi) is 4.55. The lowest BCUT2D eigenvalue weighted by Gasteiger charge is -2.09.